The van der Waals surface area contributed by atoms with Crippen LogP contribution in [0.1, 0.15) is 213 Å². The predicted octanol–water partition coefficient (Wildman–Crippen LogP) is 13.9. The van der Waals surface area contributed by atoms with Gasteiger partial charge in [-0.3, -0.25) is 9.59 Å². The van der Waals surface area contributed by atoms with Crippen LogP contribution in [0.5, 0.6) is 0 Å². The second kappa shape index (κ2) is 41.5. The molecule has 0 amide bonds. The number of hydrogen-bond acceptors (Lipinski definition) is 5. The summed E-state index contributed by atoms with van der Waals surface area (Å²) in [5.74, 6) is -0.422. The number of ether oxygens (including phenoxy) is 3. The fourth-order valence-electron chi connectivity index (χ4n) is 5.87. The van der Waals surface area contributed by atoms with E-state index in [1.165, 1.54) is 109 Å². The Morgan fingerprint density at radius 2 is 0.860 bits per heavy atom. The van der Waals surface area contributed by atoms with Gasteiger partial charge in [0.15, 0.2) is 6.10 Å². The molecule has 0 aliphatic rings. The molecule has 0 radical (unpaired) electrons. The van der Waals surface area contributed by atoms with Gasteiger partial charge in [-0.2, -0.15) is 0 Å². The number of hydrogen-bond donors (Lipinski definition) is 0. The summed E-state index contributed by atoms with van der Waals surface area (Å²) in [5.41, 5.74) is 0. The Hall–Kier alpha value is -1.88. The topological polar surface area (TPSA) is 61.8 Å². The Bertz CT molecular complexity index is 801. The molecule has 0 bridgehead atoms. The first-order chi connectivity index (χ1) is 24.6. The lowest BCUT2D eigenvalue weighted by molar-refractivity contribution is -0.163. The lowest BCUT2D eigenvalue weighted by Gasteiger charge is -2.18. The lowest BCUT2D eigenvalue weighted by atomic mass is 10.1. The summed E-state index contributed by atoms with van der Waals surface area (Å²) in [6.07, 6.45) is 47.1. The van der Waals surface area contributed by atoms with Crippen molar-refractivity contribution in [2.75, 3.05) is 19.8 Å². The smallest absolute Gasteiger partial charge is 0.306 e. The Kier molecular flexibility index (Phi) is 40.0. The normalized spacial score (nSPS) is 12.5. The fraction of sp³-hybridized carbons (Fsp3) is 0.822. The molecule has 0 saturated carbocycles. The van der Waals surface area contributed by atoms with Gasteiger partial charge in [0.05, 0.1) is 6.61 Å². The van der Waals surface area contributed by atoms with E-state index in [0.29, 0.717) is 19.4 Å². The molecule has 0 aliphatic carbocycles. The van der Waals surface area contributed by atoms with Crippen molar-refractivity contribution in [2.24, 2.45) is 0 Å². The van der Waals surface area contributed by atoms with Gasteiger partial charge in [0.1, 0.15) is 6.61 Å². The molecule has 292 valence electrons. The Labute approximate surface area is 310 Å². The zero-order chi connectivity index (χ0) is 36.4. The van der Waals surface area contributed by atoms with Crippen LogP contribution in [0, 0.1) is 0 Å². The third-order valence-corrected chi connectivity index (χ3v) is 9.15. The van der Waals surface area contributed by atoms with E-state index < -0.39 is 6.10 Å². The minimum atomic E-state index is -0.537. The van der Waals surface area contributed by atoms with Gasteiger partial charge in [-0.15, -0.1) is 0 Å². The van der Waals surface area contributed by atoms with E-state index in [2.05, 4.69) is 57.2 Å². The highest BCUT2D eigenvalue weighted by atomic mass is 16.6. The largest absolute Gasteiger partial charge is 0.462 e. The predicted molar refractivity (Wildman–Crippen MR) is 215 cm³/mol. The molecule has 0 rings (SSSR count). The van der Waals surface area contributed by atoms with E-state index in [1.807, 2.05) is 0 Å². The van der Waals surface area contributed by atoms with Crippen LogP contribution in [0.2, 0.25) is 0 Å². The number of esters is 2. The van der Waals surface area contributed by atoms with E-state index >= 15 is 0 Å². The van der Waals surface area contributed by atoms with Gasteiger partial charge >= 0.3 is 11.9 Å². The van der Waals surface area contributed by atoms with E-state index in [4.69, 9.17) is 14.2 Å². The summed E-state index contributed by atoms with van der Waals surface area (Å²) >= 11 is 0. The van der Waals surface area contributed by atoms with Gasteiger partial charge in [0, 0.05) is 19.4 Å². The molecule has 0 heterocycles. The first-order valence-electron chi connectivity index (χ1n) is 21.5. The number of rotatable bonds is 39. The van der Waals surface area contributed by atoms with Crippen LogP contribution < -0.4 is 0 Å². The van der Waals surface area contributed by atoms with Gasteiger partial charge in [0.2, 0.25) is 0 Å². The molecule has 0 spiro atoms. The van der Waals surface area contributed by atoms with E-state index in [0.717, 1.165) is 70.6 Å². The molecule has 1 atom stereocenters. The molecular weight excluding hydrogens is 620 g/mol. The van der Waals surface area contributed by atoms with Gasteiger partial charge in [0.25, 0.3) is 0 Å². The standard InChI is InChI=1S/C45H82O5/c1-4-7-10-13-16-19-21-22-23-24-26-27-29-32-35-38-44(46)49-42-43(41-48-40-37-34-31-18-15-12-9-6-3)50-45(47)39-36-33-30-28-25-20-17-14-11-8-5-2/h14,16-17,19,22-23,43H,4-13,15,18,20-21,24-42H2,1-3H3/b17-14-,19-16-,23-22-. The van der Waals surface area contributed by atoms with Crippen molar-refractivity contribution in [3.05, 3.63) is 36.5 Å². The summed E-state index contributed by atoms with van der Waals surface area (Å²) in [7, 11) is 0. The number of carbonyl (C=O) groups excluding carboxylic acids is 2. The highest BCUT2D eigenvalue weighted by Gasteiger charge is 2.17. The third-order valence-electron chi connectivity index (χ3n) is 9.15. The molecule has 0 saturated heterocycles. The van der Waals surface area contributed by atoms with Crippen LogP contribution in [-0.4, -0.2) is 37.9 Å². The van der Waals surface area contributed by atoms with Crippen molar-refractivity contribution in [3.63, 3.8) is 0 Å². The van der Waals surface area contributed by atoms with Crippen molar-refractivity contribution in [1.29, 1.82) is 0 Å². The van der Waals surface area contributed by atoms with E-state index in [9.17, 15) is 9.59 Å². The minimum Gasteiger partial charge on any atom is -0.462 e. The van der Waals surface area contributed by atoms with E-state index in [1.54, 1.807) is 0 Å². The van der Waals surface area contributed by atoms with Crippen molar-refractivity contribution >= 4 is 11.9 Å². The SMILES string of the molecule is CCCC/C=C\CCCCCCCC(=O)OC(COCCCCCCCCCC)COC(=O)CCCCCCC/C=C\C/C=C\CCCCC. The van der Waals surface area contributed by atoms with Gasteiger partial charge in [-0.1, -0.05) is 166 Å². The van der Waals surface area contributed by atoms with Crippen molar-refractivity contribution in [3.8, 4) is 0 Å². The molecule has 0 aliphatic heterocycles. The average Bonchev–Trinajstić information content (AvgIpc) is 3.11. The van der Waals surface area contributed by atoms with Crippen LogP contribution in [-0.2, 0) is 23.8 Å². The maximum atomic E-state index is 12.6. The Morgan fingerprint density at radius 1 is 0.440 bits per heavy atom. The molecule has 5 nitrogen and oxygen atoms in total. The van der Waals surface area contributed by atoms with Gasteiger partial charge in [-0.25, -0.2) is 0 Å². The summed E-state index contributed by atoms with van der Waals surface area (Å²) < 4.78 is 17.2. The molecule has 0 aromatic carbocycles. The first kappa shape index (κ1) is 48.1. The van der Waals surface area contributed by atoms with Crippen LogP contribution in [0.4, 0.5) is 0 Å². The van der Waals surface area contributed by atoms with Gasteiger partial charge in [-0.05, 0) is 70.6 Å². The molecule has 0 fully saturated rings. The maximum Gasteiger partial charge on any atom is 0.306 e. The lowest BCUT2D eigenvalue weighted by Crippen LogP contribution is -2.30. The quantitative estimate of drug-likeness (QED) is 0.0362. The third kappa shape index (κ3) is 38.9. The fourth-order valence-corrected chi connectivity index (χ4v) is 5.87. The average molecular weight is 703 g/mol. The second-order valence-electron chi connectivity index (χ2n) is 14.2. The summed E-state index contributed by atoms with van der Waals surface area (Å²) in [4.78, 5) is 25.1. The molecule has 1 unspecified atom stereocenters. The molecule has 50 heavy (non-hydrogen) atoms. The molecule has 5 heteroatoms. The van der Waals surface area contributed by atoms with Crippen LogP contribution in [0.3, 0.4) is 0 Å². The first-order valence-corrected chi connectivity index (χ1v) is 21.5. The minimum absolute atomic E-state index is 0.0774. The van der Waals surface area contributed by atoms with Crippen LogP contribution in [0.25, 0.3) is 0 Å². The molecule has 0 aromatic heterocycles. The number of unbranched alkanes of at least 4 members (excludes halogenated alkanes) is 22. The summed E-state index contributed by atoms with van der Waals surface area (Å²) in [6, 6.07) is 0. The summed E-state index contributed by atoms with van der Waals surface area (Å²) in [5, 5.41) is 0. The molecule has 0 aromatic rings. The van der Waals surface area contributed by atoms with Crippen LogP contribution in [0.15, 0.2) is 36.5 Å². The van der Waals surface area contributed by atoms with Crippen molar-refractivity contribution in [2.45, 2.75) is 219 Å². The Balaban J connectivity index is 4.22. The van der Waals surface area contributed by atoms with Crippen molar-refractivity contribution < 1.29 is 23.8 Å². The molecule has 0 N–H and O–H groups in total. The monoisotopic (exact) mass is 703 g/mol. The Morgan fingerprint density at radius 3 is 1.44 bits per heavy atom. The second-order valence-corrected chi connectivity index (χ2v) is 14.2. The maximum absolute atomic E-state index is 12.6. The molecular formula is C45H82O5. The van der Waals surface area contributed by atoms with Crippen molar-refractivity contribution in [1.82, 2.24) is 0 Å². The highest BCUT2D eigenvalue weighted by Crippen LogP contribution is 2.13. The zero-order valence-electron chi connectivity index (χ0n) is 33.4. The summed E-state index contributed by atoms with van der Waals surface area (Å²) in [6.45, 7) is 7.73. The number of carbonyl (C=O) groups is 2. The number of allylic oxidation sites excluding steroid dienone is 6. The highest BCUT2D eigenvalue weighted by molar-refractivity contribution is 5.70. The van der Waals surface area contributed by atoms with Crippen LogP contribution >= 0.6 is 0 Å². The van der Waals surface area contributed by atoms with E-state index in [-0.39, 0.29) is 25.2 Å². The zero-order valence-corrected chi connectivity index (χ0v) is 33.4. The van der Waals surface area contributed by atoms with Gasteiger partial charge < -0.3 is 14.2 Å².